The van der Waals surface area contributed by atoms with E-state index in [1.807, 2.05) is 85.2 Å². The van der Waals surface area contributed by atoms with Crippen molar-refractivity contribution in [3.8, 4) is 51.0 Å². The Morgan fingerprint density at radius 1 is 0.468 bits per heavy atom. The molecule has 5 heteroatoms. The molecular formula is C42H33N5. The summed E-state index contributed by atoms with van der Waals surface area (Å²) in [5, 5.41) is 2.44. The third-order valence-corrected chi connectivity index (χ3v) is 8.73. The Labute approximate surface area is 274 Å². The highest BCUT2D eigenvalue weighted by Gasteiger charge is 2.22. The number of nitrogens with zero attached hydrogens (tertiary/aromatic N) is 5. The Bertz CT molecular complexity index is 2310. The van der Waals surface area contributed by atoms with Gasteiger partial charge < -0.3 is 4.57 Å². The first-order valence-corrected chi connectivity index (χ1v) is 15.9. The van der Waals surface area contributed by atoms with Crippen LogP contribution in [0.15, 0.2) is 146 Å². The summed E-state index contributed by atoms with van der Waals surface area (Å²) in [5.41, 5.74) is 9.53. The van der Waals surface area contributed by atoms with Gasteiger partial charge in [0.25, 0.3) is 0 Å². The van der Waals surface area contributed by atoms with E-state index in [-0.39, 0.29) is 5.41 Å². The minimum Gasteiger partial charge on any atom is -0.309 e. The van der Waals surface area contributed by atoms with Crippen LogP contribution in [0, 0.1) is 0 Å². The topological polar surface area (TPSA) is 56.5 Å². The van der Waals surface area contributed by atoms with Crippen molar-refractivity contribution >= 4 is 21.8 Å². The van der Waals surface area contributed by atoms with Crippen LogP contribution < -0.4 is 0 Å². The molecule has 0 saturated heterocycles. The van der Waals surface area contributed by atoms with Gasteiger partial charge in [0.1, 0.15) is 0 Å². The molecule has 0 radical (unpaired) electrons. The smallest absolute Gasteiger partial charge is 0.166 e. The molecule has 8 aromatic rings. The number of hydrogen-bond donors (Lipinski definition) is 0. The Morgan fingerprint density at radius 3 is 1.72 bits per heavy atom. The molecule has 0 unspecified atom stereocenters. The van der Waals surface area contributed by atoms with E-state index in [4.69, 9.17) is 15.0 Å². The standard InChI is InChI=1S/C42H33N5/c1-42(2,3)32-19-21-37-34(27-32)33-16-10-11-17-36(33)47(37)38-20-18-31(28-22-24-43-25-23-28)26-35(38)41-45-39(29-12-6-4-7-13-29)44-40(46-41)30-14-8-5-9-15-30/h4-27H,1-3H3. The van der Waals surface area contributed by atoms with E-state index in [2.05, 4.69) is 91.0 Å². The van der Waals surface area contributed by atoms with E-state index in [0.717, 1.165) is 44.5 Å². The zero-order chi connectivity index (χ0) is 32.0. The third kappa shape index (κ3) is 5.26. The SMILES string of the molecule is CC(C)(C)c1ccc2c(c1)c1ccccc1n2-c1ccc(-c2ccncc2)cc1-c1nc(-c2ccccc2)nc(-c2ccccc2)n1. The zero-order valence-electron chi connectivity index (χ0n) is 26.6. The number of pyridine rings is 1. The summed E-state index contributed by atoms with van der Waals surface area (Å²) in [6.07, 6.45) is 3.65. The molecule has 0 bridgehead atoms. The number of fused-ring (bicyclic) bond motifs is 3. The molecule has 0 aliphatic rings. The monoisotopic (exact) mass is 607 g/mol. The first-order chi connectivity index (χ1) is 22.9. The van der Waals surface area contributed by atoms with Crippen molar-refractivity contribution in [3.05, 3.63) is 151 Å². The molecule has 0 atom stereocenters. The summed E-state index contributed by atoms with van der Waals surface area (Å²) >= 11 is 0. The Kier molecular flexibility index (Phi) is 6.95. The van der Waals surface area contributed by atoms with Gasteiger partial charge in [-0.2, -0.15) is 0 Å². The summed E-state index contributed by atoms with van der Waals surface area (Å²) < 4.78 is 2.36. The Balaban J connectivity index is 1.45. The highest BCUT2D eigenvalue weighted by molar-refractivity contribution is 6.10. The highest BCUT2D eigenvalue weighted by atomic mass is 15.1. The minimum atomic E-state index is 0.0291. The van der Waals surface area contributed by atoms with Crippen molar-refractivity contribution in [1.29, 1.82) is 0 Å². The number of para-hydroxylation sites is 1. The van der Waals surface area contributed by atoms with Crippen molar-refractivity contribution < 1.29 is 0 Å². The molecule has 0 saturated carbocycles. The quantitative estimate of drug-likeness (QED) is 0.195. The fraction of sp³-hybridized carbons (Fsp3) is 0.0952. The molecular weight excluding hydrogens is 574 g/mol. The van der Waals surface area contributed by atoms with Gasteiger partial charge in [-0.1, -0.05) is 112 Å². The molecule has 0 spiro atoms. The van der Waals surface area contributed by atoms with Gasteiger partial charge in [-0.25, -0.2) is 15.0 Å². The maximum atomic E-state index is 5.16. The largest absolute Gasteiger partial charge is 0.309 e. The number of aromatic nitrogens is 5. The van der Waals surface area contributed by atoms with Crippen molar-refractivity contribution in [3.63, 3.8) is 0 Å². The first-order valence-electron chi connectivity index (χ1n) is 15.9. The van der Waals surface area contributed by atoms with Crippen LogP contribution in [-0.4, -0.2) is 24.5 Å². The van der Waals surface area contributed by atoms with Gasteiger partial charge in [0.05, 0.1) is 16.7 Å². The number of benzene rings is 5. The van der Waals surface area contributed by atoms with E-state index < -0.39 is 0 Å². The summed E-state index contributed by atoms with van der Waals surface area (Å²) in [4.78, 5) is 19.5. The maximum absolute atomic E-state index is 5.16. The molecule has 226 valence electrons. The molecule has 47 heavy (non-hydrogen) atoms. The van der Waals surface area contributed by atoms with Gasteiger partial charge in [0.15, 0.2) is 17.5 Å². The first kappa shape index (κ1) is 28.5. The summed E-state index contributed by atoms with van der Waals surface area (Å²) in [6.45, 7) is 6.79. The average Bonchev–Trinajstić information content (AvgIpc) is 3.45. The predicted molar refractivity (Wildman–Crippen MR) is 192 cm³/mol. The molecule has 0 fully saturated rings. The van der Waals surface area contributed by atoms with E-state index in [0.29, 0.717) is 17.5 Å². The molecule has 3 heterocycles. The van der Waals surface area contributed by atoms with Gasteiger partial charge in [-0.05, 0) is 64.6 Å². The Hall–Kier alpha value is -5.94. The van der Waals surface area contributed by atoms with Crippen molar-refractivity contribution in [2.75, 3.05) is 0 Å². The lowest BCUT2D eigenvalue weighted by molar-refractivity contribution is 0.591. The molecule has 0 aliphatic carbocycles. The van der Waals surface area contributed by atoms with Crippen LogP contribution in [0.2, 0.25) is 0 Å². The van der Waals surface area contributed by atoms with E-state index >= 15 is 0 Å². The van der Waals surface area contributed by atoms with Crippen molar-refractivity contribution in [2.24, 2.45) is 0 Å². The van der Waals surface area contributed by atoms with Gasteiger partial charge >= 0.3 is 0 Å². The zero-order valence-corrected chi connectivity index (χ0v) is 26.6. The number of hydrogen-bond acceptors (Lipinski definition) is 4. The molecule has 5 aromatic carbocycles. The lowest BCUT2D eigenvalue weighted by atomic mass is 9.86. The second-order valence-corrected chi connectivity index (χ2v) is 12.8. The fourth-order valence-corrected chi connectivity index (χ4v) is 6.26. The third-order valence-electron chi connectivity index (χ3n) is 8.73. The van der Waals surface area contributed by atoms with E-state index in [1.54, 1.807) is 0 Å². The van der Waals surface area contributed by atoms with Crippen LogP contribution in [0.25, 0.3) is 72.8 Å². The fourth-order valence-electron chi connectivity index (χ4n) is 6.26. The predicted octanol–water partition coefficient (Wildman–Crippen LogP) is 10.3. The lowest BCUT2D eigenvalue weighted by Crippen LogP contribution is -2.10. The maximum Gasteiger partial charge on any atom is 0.166 e. The second kappa shape index (κ2) is 11.5. The van der Waals surface area contributed by atoms with Gasteiger partial charge in [0, 0.05) is 39.9 Å². The normalized spacial score (nSPS) is 11.7. The molecule has 0 aliphatic heterocycles. The van der Waals surface area contributed by atoms with Gasteiger partial charge in [-0.3, -0.25) is 4.98 Å². The van der Waals surface area contributed by atoms with Crippen LogP contribution in [0.5, 0.6) is 0 Å². The van der Waals surface area contributed by atoms with Gasteiger partial charge in [0.2, 0.25) is 0 Å². The van der Waals surface area contributed by atoms with Crippen LogP contribution >= 0.6 is 0 Å². The summed E-state index contributed by atoms with van der Waals surface area (Å²) in [6, 6.07) is 46.4. The second-order valence-electron chi connectivity index (χ2n) is 12.8. The van der Waals surface area contributed by atoms with Gasteiger partial charge in [-0.15, -0.1) is 0 Å². The van der Waals surface area contributed by atoms with Crippen LogP contribution in [0.4, 0.5) is 0 Å². The van der Waals surface area contributed by atoms with E-state index in [1.165, 1.54) is 16.3 Å². The Morgan fingerprint density at radius 2 is 1.06 bits per heavy atom. The van der Waals surface area contributed by atoms with Crippen LogP contribution in [0.3, 0.4) is 0 Å². The average molecular weight is 608 g/mol. The minimum absolute atomic E-state index is 0.0291. The van der Waals surface area contributed by atoms with E-state index in [9.17, 15) is 0 Å². The summed E-state index contributed by atoms with van der Waals surface area (Å²) in [5.74, 6) is 1.87. The number of rotatable bonds is 5. The molecule has 0 amide bonds. The molecule has 5 nitrogen and oxygen atoms in total. The molecule has 0 N–H and O–H groups in total. The lowest BCUT2D eigenvalue weighted by Gasteiger charge is -2.19. The van der Waals surface area contributed by atoms with Crippen molar-refractivity contribution in [1.82, 2.24) is 24.5 Å². The molecule has 3 aromatic heterocycles. The van der Waals surface area contributed by atoms with Crippen LogP contribution in [-0.2, 0) is 5.41 Å². The van der Waals surface area contributed by atoms with Crippen LogP contribution in [0.1, 0.15) is 26.3 Å². The molecule has 8 rings (SSSR count). The summed E-state index contributed by atoms with van der Waals surface area (Å²) in [7, 11) is 0. The van der Waals surface area contributed by atoms with Crippen molar-refractivity contribution in [2.45, 2.75) is 26.2 Å². The highest BCUT2D eigenvalue weighted by Crippen LogP contribution is 2.39.